The maximum Gasteiger partial charge on any atom is 0.323 e. The fraction of sp³-hybridized carbons (Fsp3) is 0.250. The smallest absolute Gasteiger partial charge is 0.323 e. The van der Waals surface area contributed by atoms with E-state index in [1.54, 1.807) is 36.7 Å². The lowest BCUT2D eigenvalue weighted by Gasteiger charge is -2.17. The van der Waals surface area contributed by atoms with Gasteiger partial charge < -0.3 is 9.47 Å². The molecule has 1 N–H and O–H groups in total. The first-order valence-corrected chi connectivity index (χ1v) is 10.2. The second-order valence-corrected chi connectivity index (χ2v) is 7.90. The van der Waals surface area contributed by atoms with Gasteiger partial charge >= 0.3 is 5.97 Å². The number of carbonyl (C=O) groups excluding carboxylic acids is 2. The van der Waals surface area contributed by atoms with E-state index in [9.17, 15) is 9.59 Å². The zero-order valence-corrected chi connectivity index (χ0v) is 16.7. The molecule has 5 rings (SSSR count). The Morgan fingerprint density at radius 3 is 2.61 bits per heavy atom. The van der Waals surface area contributed by atoms with Crippen LogP contribution in [0.25, 0.3) is 0 Å². The standard InChI is InChI=1S/C24H21N3O4/c28-22(20-9-8-19(14-26-20)31-18-7-4-10-25-13-18)24-12-17(24)11-21(27-24)23(29)30-15-16-5-2-1-3-6-16/h1-10,13-14,17,21,27H,11-12,15H2. The number of fused-ring (bicyclic) bond motifs is 1. The lowest BCUT2D eigenvalue weighted by Crippen LogP contribution is -2.45. The highest BCUT2D eigenvalue weighted by Gasteiger charge is 2.66. The molecule has 3 heterocycles. The van der Waals surface area contributed by atoms with Crippen LogP contribution in [-0.4, -0.2) is 33.3 Å². The van der Waals surface area contributed by atoms with Crippen LogP contribution in [0.15, 0.2) is 73.2 Å². The lowest BCUT2D eigenvalue weighted by atomic mass is 10.1. The van der Waals surface area contributed by atoms with Crippen LogP contribution in [0, 0.1) is 5.92 Å². The average Bonchev–Trinajstić information content (AvgIpc) is 3.39. The van der Waals surface area contributed by atoms with Crippen LogP contribution < -0.4 is 10.1 Å². The van der Waals surface area contributed by atoms with Gasteiger partial charge in [-0.2, -0.15) is 0 Å². The predicted octanol–water partition coefficient (Wildman–Crippen LogP) is 3.32. The highest BCUT2D eigenvalue weighted by Crippen LogP contribution is 2.53. The Bertz CT molecular complexity index is 1090. The molecule has 3 atom stereocenters. The number of nitrogens with zero attached hydrogens (tertiary/aromatic N) is 2. The zero-order chi connectivity index (χ0) is 21.3. The Hall–Kier alpha value is -3.58. The first-order chi connectivity index (χ1) is 15.1. The number of Topliss-reactive ketones (excluding diaryl/α,β-unsaturated/α-hetero) is 1. The molecule has 1 aromatic carbocycles. The van der Waals surface area contributed by atoms with Crippen molar-refractivity contribution in [2.75, 3.05) is 0 Å². The van der Waals surface area contributed by atoms with Gasteiger partial charge in [-0.1, -0.05) is 30.3 Å². The molecule has 1 saturated carbocycles. The van der Waals surface area contributed by atoms with Gasteiger partial charge in [0.25, 0.3) is 0 Å². The van der Waals surface area contributed by atoms with Crippen molar-refractivity contribution in [1.29, 1.82) is 0 Å². The molecule has 1 aliphatic heterocycles. The molecule has 0 radical (unpaired) electrons. The number of carbonyl (C=O) groups is 2. The van der Waals surface area contributed by atoms with Gasteiger partial charge in [-0.25, -0.2) is 4.98 Å². The molecule has 3 unspecified atom stereocenters. The van der Waals surface area contributed by atoms with Crippen LogP contribution in [0.4, 0.5) is 0 Å². The number of pyridine rings is 2. The summed E-state index contributed by atoms with van der Waals surface area (Å²) in [6.45, 7) is 0.226. The molecule has 2 aromatic heterocycles. The van der Waals surface area contributed by atoms with E-state index in [1.807, 2.05) is 30.3 Å². The van der Waals surface area contributed by atoms with Crippen LogP contribution in [0.2, 0.25) is 0 Å². The normalized spacial score (nSPS) is 23.6. The van der Waals surface area contributed by atoms with Gasteiger partial charge in [0.05, 0.1) is 17.9 Å². The van der Waals surface area contributed by atoms with Gasteiger partial charge in [-0.3, -0.25) is 19.9 Å². The molecule has 7 nitrogen and oxygen atoms in total. The van der Waals surface area contributed by atoms with Crippen molar-refractivity contribution in [3.63, 3.8) is 0 Å². The number of esters is 1. The summed E-state index contributed by atoms with van der Waals surface area (Å²) in [7, 11) is 0. The molecule has 1 aliphatic carbocycles. The number of aromatic nitrogens is 2. The van der Waals surface area contributed by atoms with Gasteiger partial charge in [0, 0.05) is 6.20 Å². The van der Waals surface area contributed by atoms with Crippen molar-refractivity contribution in [1.82, 2.24) is 15.3 Å². The molecule has 7 heteroatoms. The Morgan fingerprint density at radius 1 is 1.03 bits per heavy atom. The summed E-state index contributed by atoms with van der Waals surface area (Å²) >= 11 is 0. The molecule has 0 bridgehead atoms. The maximum atomic E-state index is 13.1. The fourth-order valence-electron chi connectivity index (χ4n) is 4.12. The monoisotopic (exact) mass is 415 g/mol. The Morgan fingerprint density at radius 2 is 1.87 bits per heavy atom. The average molecular weight is 415 g/mol. The van der Waals surface area contributed by atoms with Gasteiger partial charge in [-0.05, 0) is 48.6 Å². The Kier molecular flexibility index (Phi) is 4.95. The predicted molar refractivity (Wildman–Crippen MR) is 111 cm³/mol. The number of rotatable bonds is 7. The van der Waals surface area contributed by atoms with Crippen molar-refractivity contribution in [2.24, 2.45) is 5.92 Å². The van der Waals surface area contributed by atoms with Crippen LogP contribution in [-0.2, 0) is 16.1 Å². The molecular weight excluding hydrogens is 394 g/mol. The van der Waals surface area contributed by atoms with Crippen molar-refractivity contribution in [3.8, 4) is 11.5 Å². The van der Waals surface area contributed by atoms with Gasteiger partial charge in [0.1, 0.15) is 29.8 Å². The summed E-state index contributed by atoms with van der Waals surface area (Å²) < 4.78 is 11.1. The second-order valence-electron chi connectivity index (χ2n) is 7.90. The molecule has 2 fully saturated rings. The summed E-state index contributed by atoms with van der Waals surface area (Å²) in [5.74, 6) is 0.831. The summed E-state index contributed by atoms with van der Waals surface area (Å²) in [6.07, 6.45) is 6.10. The van der Waals surface area contributed by atoms with E-state index in [4.69, 9.17) is 9.47 Å². The molecule has 1 saturated heterocycles. The summed E-state index contributed by atoms with van der Waals surface area (Å²) in [6, 6.07) is 16.0. The number of piperidine rings is 1. The van der Waals surface area contributed by atoms with Crippen LogP contribution >= 0.6 is 0 Å². The van der Waals surface area contributed by atoms with Crippen molar-refractivity contribution >= 4 is 11.8 Å². The lowest BCUT2D eigenvalue weighted by molar-refractivity contribution is -0.147. The maximum absolute atomic E-state index is 13.1. The molecule has 31 heavy (non-hydrogen) atoms. The topological polar surface area (TPSA) is 90.4 Å². The van der Waals surface area contributed by atoms with E-state index in [0.717, 1.165) is 5.56 Å². The molecule has 0 amide bonds. The van der Waals surface area contributed by atoms with Crippen molar-refractivity contribution < 1.29 is 19.1 Å². The van der Waals surface area contributed by atoms with E-state index in [-0.39, 0.29) is 24.3 Å². The van der Waals surface area contributed by atoms with Gasteiger partial charge in [0.15, 0.2) is 0 Å². The van der Waals surface area contributed by atoms with Crippen molar-refractivity contribution in [2.45, 2.75) is 31.0 Å². The largest absolute Gasteiger partial charge is 0.460 e. The summed E-state index contributed by atoms with van der Waals surface area (Å²) in [4.78, 5) is 33.9. The highest BCUT2D eigenvalue weighted by atomic mass is 16.5. The third kappa shape index (κ3) is 3.92. The molecule has 0 spiro atoms. The first kappa shape index (κ1) is 19.4. The van der Waals surface area contributed by atoms with E-state index >= 15 is 0 Å². The molecule has 3 aromatic rings. The van der Waals surface area contributed by atoms with Crippen LogP contribution in [0.5, 0.6) is 11.5 Å². The quantitative estimate of drug-likeness (QED) is 0.468. The van der Waals surface area contributed by atoms with Crippen LogP contribution in [0.3, 0.4) is 0 Å². The summed E-state index contributed by atoms with van der Waals surface area (Å²) in [5.41, 5.74) is 0.573. The van der Waals surface area contributed by atoms with E-state index in [1.165, 1.54) is 6.20 Å². The third-order valence-electron chi connectivity index (χ3n) is 5.81. The number of nitrogens with one attached hydrogen (secondary N) is 1. The molecular formula is C24H21N3O4. The number of ether oxygens (including phenoxy) is 2. The number of benzene rings is 1. The zero-order valence-electron chi connectivity index (χ0n) is 16.7. The minimum absolute atomic E-state index is 0.0937. The second kappa shape index (κ2) is 7.92. The van der Waals surface area contributed by atoms with E-state index in [2.05, 4.69) is 15.3 Å². The SMILES string of the molecule is O=C(OCc1ccccc1)C1CC2CC2(C(=O)c2ccc(Oc3cccnc3)cn2)N1. The van der Waals surface area contributed by atoms with Gasteiger partial charge in [0.2, 0.25) is 5.78 Å². The Balaban J connectivity index is 1.20. The van der Waals surface area contributed by atoms with E-state index in [0.29, 0.717) is 30.0 Å². The number of ketones is 1. The minimum Gasteiger partial charge on any atom is -0.460 e. The molecule has 156 valence electrons. The minimum atomic E-state index is -0.713. The first-order valence-electron chi connectivity index (χ1n) is 10.2. The number of hydrogen-bond donors (Lipinski definition) is 1. The summed E-state index contributed by atoms with van der Waals surface area (Å²) in [5, 5.41) is 3.23. The van der Waals surface area contributed by atoms with Crippen LogP contribution in [0.1, 0.15) is 28.9 Å². The number of hydrogen-bond acceptors (Lipinski definition) is 7. The van der Waals surface area contributed by atoms with Crippen molar-refractivity contribution in [3.05, 3.63) is 84.4 Å². The molecule has 2 aliphatic rings. The van der Waals surface area contributed by atoms with E-state index < -0.39 is 11.6 Å². The Labute approximate surface area is 179 Å². The third-order valence-corrected chi connectivity index (χ3v) is 5.81. The fourth-order valence-corrected chi connectivity index (χ4v) is 4.12. The highest BCUT2D eigenvalue weighted by molar-refractivity contribution is 6.05. The van der Waals surface area contributed by atoms with Gasteiger partial charge in [-0.15, -0.1) is 0 Å².